The number of aromatic nitrogens is 1. The molecule has 3 heterocycles. The molecule has 3 heteroatoms. The fourth-order valence-electron chi connectivity index (χ4n) is 8.74. The van der Waals surface area contributed by atoms with Gasteiger partial charge in [0.05, 0.1) is 21.1 Å². The highest BCUT2D eigenvalue weighted by Crippen LogP contribution is 2.51. The van der Waals surface area contributed by atoms with Gasteiger partial charge in [0.1, 0.15) is 5.58 Å². The Morgan fingerprint density at radius 3 is 1.94 bits per heavy atom. The fraction of sp³-hybridized carbons (Fsp3) is 0. The third-order valence-electron chi connectivity index (χ3n) is 10.7. The molecule has 3 aromatic heterocycles. The molecular formula is C46H25NOS. The molecule has 12 rings (SSSR count). The van der Waals surface area contributed by atoms with Crippen molar-refractivity contribution < 1.29 is 4.42 Å². The molecule has 0 radical (unpaired) electrons. The van der Waals surface area contributed by atoms with Crippen LogP contribution in [0.4, 0.5) is 0 Å². The maximum absolute atomic E-state index is 6.75. The lowest BCUT2D eigenvalue weighted by atomic mass is 9.94. The van der Waals surface area contributed by atoms with Gasteiger partial charge in [0.25, 0.3) is 0 Å². The number of para-hydroxylation sites is 2. The zero-order chi connectivity index (χ0) is 31.8. The molecule has 1 aliphatic rings. The predicted octanol–water partition coefficient (Wildman–Crippen LogP) is 13.5. The van der Waals surface area contributed by atoms with Crippen molar-refractivity contribution in [2.45, 2.75) is 0 Å². The van der Waals surface area contributed by atoms with Crippen molar-refractivity contribution in [2.75, 3.05) is 0 Å². The van der Waals surface area contributed by atoms with Crippen molar-refractivity contribution in [3.8, 4) is 39.1 Å². The van der Waals surface area contributed by atoms with Crippen molar-refractivity contribution >= 4 is 86.0 Å². The molecule has 0 N–H and O–H groups in total. The van der Waals surface area contributed by atoms with E-state index >= 15 is 0 Å². The lowest BCUT2D eigenvalue weighted by Crippen LogP contribution is -1.94. The van der Waals surface area contributed by atoms with Crippen molar-refractivity contribution in [3.63, 3.8) is 0 Å². The van der Waals surface area contributed by atoms with Crippen LogP contribution in [-0.4, -0.2) is 4.57 Å². The second-order valence-corrected chi connectivity index (χ2v) is 14.2. The summed E-state index contributed by atoms with van der Waals surface area (Å²) in [5.74, 6) is 0. The Morgan fingerprint density at radius 1 is 0.429 bits per heavy atom. The van der Waals surface area contributed by atoms with Gasteiger partial charge >= 0.3 is 0 Å². The third kappa shape index (κ3) is 3.25. The zero-order valence-corrected chi connectivity index (χ0v) is 27.0. The molecule has 0 amide bonds. The van der Waals surface area contributed by atoms with E-state index in [-0.39, 0.29) is 0 Å². The van der Waals surface area contributed by atoms with Gasteiger partial charge in [-0.25, -0.2) is 0 Å². The van der Waals surface area contributed by atoms with E-state index in [9.17, 15) is 0 Å². The normalized spacial score (nSPS) is 12.5. The summed E-state index contributed by atoms with van der Waals surface area (Å²) in [6.45, 7) is 0. The first-order valence-corrected chi connectivity index (χ1v) is 17.6. The molecule has 1 aliphatic carbocycles. The summed E-state index contributed by atoms with van der Waals surface area (Å²) >= 11 is 1.83. The number of rotatable bonds is 2. The van der Waals surface area contributed by atoms with Crippen LogP contribution in [-0.2, 0) is 0 Å². The van der Waals surface area contributed by atoms with Crippen LogP contribution in [0.2, 0.25) is 0 Å². The van der Waals surface area contributed by atoms with Crippen LogP contribution in [0.5, 0.6) is 0 Å². The lowest BCUT2D eigenvalue weighted by Gasteiger charge is -2.12. The molecule has 226 valence electrons. The summed E-state index contributed by atoms with van der Waals surface area (Å²) in [7, 11) is 0. The van der Waals surface area contributed by atoms with E-state index in [1.165, 1.54) is 91.5 Å². The molecule has 0 atom stereocenters. The molecule has 11 aromatic rings. The maximum atomic E-state index is 6.75. The van der Waals surface area contributed by atoms with E-state index in [1.54, 1.807) is 0 Å². The van der Waals surface area contributed by atoms with Crippen LogP contribution in [0.3, 0.4) is 0 Å². The van der Waals surface area contributed by atoms with Crippen LogP contribution in [0.1, 0.15) is 0 Å². The quantitative estimate of drug-likeness (QED) is 0.184. The van der Waals surface area contributed by atoms with Gasteiger partial charge in [-0.1, -0.05) is 121 Å². The summed E-state index contributed by atoms with van der Waals surface area (Å²) in [5, 5.41) is 10.1. The van der Waals surface area contributed by atoms with Gasteiger partial charge in [-0.15, -0.1) is 11.3 Å². The molecule has 0 bridgehead atoms. The van der Waals surface area contributed by atoms with Crippen LogP contribution in [0.25, 0.3) is 114 Å². The Morgan fingerprint density at radius 2 is 1.08 bits per heavy atom. The van der Waals surface area contributed by atoms with Crippen LogP contribution in [0.15, 0.2) is 156 Å². The molecule has 0 unspecified atom stereocenters. The molecule has 0 aliphatic heterocycles. The minimum Gasteiger partial charge on any atom is -0.454 e. The summed E-state index contributed by atoms with van der Waals surface area (Å²) in [4.78, 5) is 0. The van der Waals surface area contributed by atoms with Crippen LogP contribution in [0, 0.1) is 0 Å². The van der Waals surface area contributed by atoms with Crippen molar-refractivity contribution in [2.24, 2.45) is 0 Å². The first-order valence-electron chi connectivity index (χ1n) is 16.8. The Bertz CT molecular complexity index is 3180. The number of fused-ring (bicyclic) bond motifs is 15. The van der Waals surface area contributed by atoms with E-state index in [0.29, 0.717) is 0 Å². The molecule has 0 saturated carbocycles. The summed E-state index contributed by atoms with van der Waals surface area (Å²) in [5.41, 5.74) is 13.2. The number of hydrogen-bond acceptors (Lipinski definition) is 2. The SMILES string of the molecule is c1ccc2c(c1)-c1cccc3c(-c4ccc(-n5c6ccccc6c6c7c8ccccc8sc7c7oc8ccccc8c7c65)cc4)ccc-2c13. The van der Waals surface area contributed by atoms with Crippen molar-refractivity contribution in [1.82, 2.24) is 4.57 Å². The predicted molar refractivity (Wildman–Crippen MR) is 208 cm³/mol. The van der Waals surface area contributed by atoms with Gasteiger partial charge in [0, 0.05) is 37.3 Å². The second-order valence-electron chi connectivity index (χ2n) is 13.2. The van der Waals surface area contributed by atoms with E-state index in [0.717, 1.165) is 22.2 Å². The minimum absolute atomic E-state index is 0.921. The van der Waals surface area contributed by atoms with E-state index < -0.39 is 0 Å². The van der Waals surface area contributed by atoms with E-state index in [4.69, 9.17) is 4.42 Å². The number of thiophene rings is 1. The van der Waals surface area contributed by atoms with E-state index in [2.05, 4.69) is 156 Å². The molecule has 0 saturated heterocycles. The first kappa shape index (κ1) is 25.9. The van der Waals surface area contributed by atoms with Gasteiger partial charge in [-0.2, -0.15) is 0 Å². The van der Waals surface area contributed by atoms with Gasteiger partial charge < -0.3 is 8.98 Å². The monoisotopic (exact) mass is 639 g/mol. The fourth-order valence-corrected chi connectivity index (χ4v) is 9.94. The topological polar surface area (TPSA) is 18.1 Å². The Kier molecular flexibility index (Phi) is 4.89. The maximum Gasteiger partial charge on any atom is 0.155 e. The number of benzene rings is 8. The Labute approximate surface area is 284 Å². The molecule has 49 heavy (non-hydrogen) atoms. The minimum atomic E-state index is 0.921. The average molecular weight is 640 g/mol. The summed E-state index contributed by atoms with van der Waals surface area (Å²) in [6.07, 6.45) is 0. The largest absolute Gasteiger partial charge is 0.454 e. The number of nitrogens with zero attached hydrogens (tertiary/aromatic N) is 1. The highest BCUT2D eigenvalue weighted by Gasteiger charge is 2.26. The van der Waals surface area contributed by atoms with Crippen molar-refractivity contribution in [1.29, 1.82) is 0 Å². The van der Waals surface area contributed by atoms with Gasteiger partial charge in [-0.3, -0.25) is 0 Å². The average Bonchev–Trinajstić information content (AvgIpc) is 3.91. The Hall–Kier alpha value is -6.16. The van der Waals surface area contributed by atoms with Gasteiger partial charge in [0.2, 0.25) is 0 Å². The molecule has 2 nitrogen and oxygen atoms in total. The van der Waals surface area contributed by atoms with Gasteiger partial charge in [0.15, 0.2) is 5.58 Å². The van der Waals surface area contributed by atoms with E-state index in [1.807, 2.05) is 11.3 Å². The third-order valence-corrected chi connectivity index (χ3v) is 11.9. The lowest BCUT2D eigenvalue weighted by molar-refractivity contribution is 0.673. The number of hydrogen-bond donors (Lipinski definition) is 0. The zero-order valence-electron chi connectivity index (χ0n) is 26.2. The molecular weight excluding hydrogens is 615 g/mol. The highest BCUT2D eigenvalue weighted by molar-refractivity contribution is 7.27. The van der Waals surface area contributed by atoms with Crippen LogP contribution < -0.4 is 0 Å². The van der Waals surface area contributed by atoms with Crippen LogP contribution >= 0.6 is 11.3 Å². The summed E-state index contributed by atoms with van der Waals surface area (Å²) in [6, 6.07) is 55.5. The smallest absolute Gasteiger partial charge is 0.155 e. The number of furan rings is 1. The molecule has 0 spiro atoms. The van der Waals surface area contributed by atoms with Crippen molar-refractivity contribution in [3.05, 3.63) is 152 Å². The first-order chi connectivity index (χ1) is 24.3. The molecule has 8 aromatic carbocycles. The standard InChI is InChI=1S/C46H25NOS/c1-2-11-30-29(10-1)32-16-9-15-31-28(24-25-33(30)40(31)32)26-20-22-27(23-21-26)47-37-17-6-3-12-34(37)41-42-36-14-5-8-19-39(36)49-46(42)45-43(44(41)47)35-13-4-7-18-38(35)48-45/h1-25H. The summed E-state index contributed by atoms with van der Waals surface area (Å²) < 4.78 is 11.7. The van der Waals surface area contributed by atoms with Gasteiger partial charge in [-0.05, 0) is 74.5 Å². The Balaban J connectivity index is 1.16. The molecule has 0 fully saturated rings. The highest BCUT2D eigenvalue weighted by atomic mass is 32.1. The second kappa shape index (κ2) is 9.25.